The summed E-state index contributed by atoms with van der Waals surface area (Å²) in [7, 11) is 0. The summed E-state index contributed by atoms with van der Waals surface area (Å²) in [6.45, 7) is 7.54. The lowest BCUT2D eigenvalue weighted by atomic mass is 9.80. The molecule has 25 heavy (non-hydrogen) atoms. The van der Waals surface area contributed by atoms with Gasteiger partial charge >= 0.3 is 0 Å². The summed E-state index contributed by atoms with van der Waals surface area (Å²) < 4.78 is 0. The molecule has 0 saturated heterocycles. The molecule has 1 aliphatic heterocycles. The van der Waals surface area contributed by atoms with Crippen LogP contribution in [0, 0.1) is 5.92 Å². The average Bonchev–Trinajstić information content (AvgIpc) is 3.03. The zero-order valence-electron chi connectivity index (χ0n) is 15.1. The van der Waals surface area contributed by atoms with Gasteiger partial charge in [-0.2, -0.15) is 0 Å². The van der Waals surface area contributed by atoms with Gasteiger partial charge in [0.25, 0.3) is 0 Å². The van der Waals surface area contributed by atoms with Crippen LogP contribution >= 0.6 is 0 Å². The lowest BCUT2D eigenvalue weighted by Crippen LogP contribution is -2.53. The first kappa shape index (κ1) is 16.4. The number of nitrogens with zero attached hydrogens (tertiary/aromatic N) is 1. The van der Waals surface area contributed by atoms with E-state index in [4.69, 9.17) is 0 Å². The van der Waals surface area contributed by atoms with Gasteiger partial charge in [-0.3, -0.25) is 9.80 Å². The number of aromatic nitrogens is 1. The molecule has 2 aliphatic rings. The zero-order valence-corrected chi connectivity index (χ0v) is 15.1. The number of nitrogens with one attached hydrogen (secondary N) is 3. The van der Waals surface area contributed by atoms with Crippen molar-refractivity contribution < 1.29 is 4.79 Å². The van der Waals surface area contributed by atoms with Gasteiger partial charge in [-0.1, -0.05) is 25.1 Å². The smallest absolute Gasteiger partial charge is 0.245 e. The fraction of sp³-hybridized carbons (Fsp3) is 0.450. The van der Waals surface area contributed by atoms with Crippen LogP contribution in [0.4, 0.5) is 0 Å². The van der Waals surface area contributed by atoms with E-state index < -0.39 is 0 Å². The van der Waals surface area contributed by atoms with E-state index in [0.29, 0.717) is 12.6 Å². The van der Waals surface area contributed by atoms with Crippen LogP contribution in [0.3, 0.4) is 0 Å². The highest BCUT2D eigenvalue weighted by molar-refractivity contribution is 5.99. The fourth-order valence-corrected chi connectivity index (χ4v) is 4.13. The number of fused-ring (bicyclic) bond motifs is 2. The summed E-state index contributed by atoms with van der Waals surface area (Å²) in [5, 5.41) is 6.69. The quantitative estimate of drug-likeness (QED) is 0.751. The van der Waals surface area contributed by atoms with Crippen LogP contribution < -0.4 is 10.7 Å². The summed E-state index contributed by atoms with van der Waals surface area (Å²) in [5.74, 6) is 0.00536. The van der Waals surface area contributed by atoms with Crippen LogP contribution in [0.1, 0.15) is 31.9 Å². The number of amides is 1. The van der Waals surface area contributed by atoms with E-state index in [2.05, 4.69) is 46.2 Å². The summed E-state index contributed by atoms with van der Waals surface area (Å²) in [5.41, 5.74) is 8.27. The second-order valence-electron chi connectivity index (χ2n) is 7.25. The maximum Gasteiger partial charge on any atom is 0.245 e. The highest BCUT2D eigenvalue weighted by atomic mass is 16.2. The van der Waals surface area contributed by atoms with Crippen molar-refractivity contribution in [2.24, 2.45) is 5.92 Å². The molecule has 2 heterocycles. The minimum absolute atomic E-state index is 0.134. The Hall–Kier alpha value is -2.11. The van der Waals surface area contributed by atoms with E-state index in [0.717, 1.165) is 13.0 Å². The van der Waals surface area contributed by atoms with Crippen LogP contribution in [0.5, 0.6) is 0 Å². The van der Waals surface area contributed by atoms with Gasteiger partial charge < -0.3 is 10.3 Å². The Morgan fingerprint density at radius 3 is 3.00 bits per heavy atom. The van der Waals surface area contributed by atoms with Gasteiger partial charge in [-0.25, -0.2) is 5.43 Å². The third kappa shape index (κ3) is 2.68. The SMILES string of the molecule is CCNN(C(=O)[C@@H]1C=C2c3cccc4[nH]cc(c34)C[C@H]2NC1)C(C)C. The standard InChI is InChI=1S/C20H26N4O/c1-4-23-24(12(2)3)20(25)14-8-16-15-6-5-7-17-19(15)13(10-21-17)9-18(16)22-11-14/h5-8,10,12,14,18,21-23H,4,9,11H2,1-3H3/t14-,18-/m1/s1. The topological polar surface area (TPSA) is 60.2 Å². The molecule has 0 unspecified atom stereocenters. The summed E-state index contributed by atoms with van der Waals surface area (Å²) in [6, 6.07) is 6.81. The molecule has 1 aliphatic carbocycles. The van der Waals surface area contributed by atoms with Crippen molar-refractivity contribution in [2.45, 2.75) is 39.3 Å². The van der Waals surface area contributed by atoms with Crippen molar-refractivity contribution in [1.82, 2.24) is 20.7 Å². The molecule has 5 heteroatoms. The molecule has 0 radical (unpaired) electrons. The van der Waals surface area contributed by atoms with Gasteiger partial charge in [-0.15, -0.1) is 0 Å². The molecule has 2 atom stereocenters. The summed E-state index contributed by atoms with van der Waals surface area (Å²) in [6.07, 6.45) is 5.29. The van der Waals surface area contributed by atoms with E-state index in [-0.39, 0.29) is 17.9 Å². The van der Waals surface area contributed by atoms with Gasteiger partial charge in [-0.05, 0) is 43.0 Å². The lowest BCUT2D eigenvalue weighted by molar-refractivity contribution is -0.139. The number of benzene rings is 1. The third-order valence-corrected chi connectivity index (χ3v) is 5.26. The number of H-pyrrole nitrogens is 1. The first-order chi connectivity index (χ1) is 12.1. The van der Waals surface area contributed by atoms with E-state index >= 15 is 0 Å². The number of hydrogen-bond acceptors (Lipinski definition) is 3. The van der Waals surface area contributed by atoms with Crippen molar-refractivity contribution >= 4 is 22.4 Å². The number of carbonyl (C=O) groups is 1. The molecule has 1 aromatic carbocycles. The average molecular weight is 338 g/mol. The summed E-state index contributed by atoms with van der Waals surface area (Å²) >= 11 is 0. The predicted octanol–water partition coefficient (Wildman–Crippen LogP) is 2.46. The van der Waals surface area contributed by atoms with Crippen molar-refractivity contribution in [3.05, 3.63) is 41.6 Å². The maximum atomic E-state index is 13.0. The molecule has 5 nitrogen and oxygen atoms in total. The first-order valence-electron chi connectivity index (χ1n) is 9.21. The number of carbonyl (C=O) groups excluding carboxylic acids is 1. The molecule has 0 saturated carbocycles. The van der Waals surface area contributed by atoms with Crippen LogP contribution in [0.25, 0.3) is 16.5 Å². The summed E-state index contributed by atoms with van der Waals surface area (Å²) in [4.78, 5) is 16.4. The maximum absolute atomic E-state index is 13.0. The van der Waals surface area contributed by atoms with Crippen LogP contribution in [-0.4, -0.2) is 41.1 Å². The van der Waals surface area contributed by atoms with E-state index in [1.54, 1.807) is 5.01 Å². The Morgan fingerprint density at radius 1 is 1.40 bits per heavy atom. The van der Waals surface area contributed by atoms with Crippen molar-refractivity contribution in [1.29, 1.82) is 0 Å². The molecule has 0 fully saturated rings. The molecular formula is C20H26N4O. The normalized spacial score (nSPS) is 22.0. The molecule has 4 rings (SSSR count). The van der Waals surface area contributed by atoms with E-state index in [9.17, 15) is 4.79 Å². The Labute approximate surface area is 148 Å². The number of hydrazine groups is 1. The largest absolute Gasteiger partial charge is 0.361 e. The molecule has 2 aromatic rings. The predicted molar refractivity (Wildman–Crippen MR) is 101 cm³/mol. The molecule has 3 N–H and O–H groups in total. The monoisotopic (exact) mass is 338 g/mol. The number of aromatic amines is 1. The van der Waals surface area contributed by atoms with Gasteiger partial charge in [0.2, 0.25) is 5.91 Å². The third-order valence-electron chi connectivity index (χ3n) is 5.26. The molecular weight excluding hydrogens is 312 g/mol. The van der Waals surface area contributed by atoms with E-state index in [1.807, 2.05) is 20.8 Å². The van der Waals surface area contributed by atoms with Gasteiger partial charge in [0.1, 0.15) is 0 Å². The first-order valence-corrected chi connectivity index (χ1v) is 9.21. The molecule has 1 aromatic heterocycles. The molecule has 0 spiro atoms. The van der Waals surface area contributed by atoms with Gasteiger partial charge in [0.05, 0.1) is 5.92 Å². The second kappa shape index (κ2) is 6.32. The zero-order chi connectivity index (χ0) is 17.6. The molecule has 132 valence electrons. The van der Waals surface area contributed by atoms with E-state index in [1.165, 1.54) is 27.6 Å². The minimum Gasteiger partial charge on any atom is -0.361 e. The number of hydrogen-bond donors (Lipinski definition) is 3. The molecule has 0 bridgehead atoms. The van der Waals surface area contributed by atoms with Crippen LogP contribution in [-0.2, 0) is 11.2 Å². The Balaban J connectivity index is 1.71. The van der Waals surface area contributed by atoms with Gasteiger partial charge in [0, 0.05) is 42.3 Å². The van der Waals surface area contributed by atoms with Crippen molar-refractivity contribution in [2.75, 3.05) is 13.1 Å². The fourth-order valence-electron chi connectivity index (χ4n) is 4.13. The highest BCUT2D eigenvalue weighted by Crippen LogP contribution is 2.38. The molecule has 1 amide bonds. The Bertz CT molecular complexity index is 835. The van der Waals surface area contributed by atoms with Crippen molar-refractivity contribution in [3.63, 3.8) is 0 Å². The lowest BCUT2D eigenvalue weighted by Gasteiger charge is -2.36. The van der Waals surface area contributed by atoms with Gasteiger partial charge in [0.15, 0.2) is 0 Å². The minimum atomic E-state index is -0.136. The van der Waals surface area contributed by atoms with Crippen LogP contribution in [0.15, 0.2) is 30.5 Å². The highest BCUT2D eigenvalue weighted by Gasteiger charge is 2.34. The van der Waals surface area contributed by atoms with Crippen LogP contribution in [0.2, 0.25) is 0 Å². The second-order valence-corrected chi connectivity index (χ2v) is 7.25. The Morgan fingerprint density at radius 2 is 2.24 bits per heavy atom. The Kier molecular flexibility index (Phi) is 4.13. The number of rotatable bonds is 4. The van der Waals surface area contributed by atoms with Crippen molar-refractivity contribution in [3.8, 4) is 0 Å².